The van der Waals surface area contributed by atoms with Crippen molar-refractivity contribution in [1.82, 2.24) is 0 Å². The predicted molar refractivity (Wildman–Crippen MR) is 60.2 cm³/mol. The lowest BCUT2D eigenvalue weighted by molar-refractivity contribution is 1.70. The van der Waals surface area contributed by atoms with Crippen molar-refractivity contribution >= 4 is 44.0 Å². The predicted octanol–water partition coefficient (Wildman–Crippen LogP) is 1.88. The van der Waals surface area contributed by atoms with Crippen LogP contribution in [0.1, 0.15) is 5.56 Å². The molecule has 0 amide bonds. The van der Waals surface area contributed by atoms with Crippen molar-refractivity contribution in [1.29, 1.82) is 0 Å². The molecule has 0 saturated carbocycles. The quantitative estimate of drug-likeness (QED) is 0.535. The molecule has 0 saturated heterocycles. The van der Waals surface area contributed by atoms with E-state index in [4.69, 9.17) is 23.2 Å². The van der Waals surface area contributed by atoms with Gasteiger partial charge in [0.05, 0.1) is 14.0 Å². The highest BCUT2D eigenvalue weighted by atomic mass is 35.5. The molecular weight excluding hydrogens is 207 g/mol. The van der Waals surface area contributed by atoms with Crippen molar-refractivity contribution in [3.63, 3.8) is 0 Å². The molecule has 0 heterocycles. The molecule has 3 heteroatoms. The first-order chi connectivity index (χ1) is 5.72. The zero-order valence-corrected chi connectivity index (χ0v) is 9.56. The van der Waals surface area contributed by atoms with Crippen molar-refractivity contribution in [2.24, 2.45) is 0 Å². The Morgan fingerprint density at radius 3 is 2.75 bits per heavy atom. The number of rotatable bonds is 3. The molecule has 0 atom stereocenters. The molecule has 0 aliphatic carbocycles. The summed E-state index contributed by atoms with van der Waals surface area (Å²) in [6.45, 7) is 3.70. The SMILES string of the molecule is C=Cc1cccc([SiH2]C(Cl)Cl)c1. The number of hydrogen-bond donors (Lipinski definition) is 0. The molecule has 0 unspecified atom stereocenters. The van der Waals surface area contributed by atoms with Gasteiger partial charge in [-0.25, -0.2) is 0 Å². The monoisotopic (exact) mass is 216 g/mol. The maximum atomic E-state index is 5.71. The van der Waals surface area contributed by atoms with Gasteiger partial charge < -0.3 is 0 Å². The first-order valence-electron chi connectivity index (χ1n) is 3.72. The van der Waals surface area contributed by atoms with Crippen molar-refractivity contribution in [2.45, 2.75) is 4.46 Å². The van der Waals surface area contributed by atoms with E-state index in [1.54, 1.807) is 0 Å². The van der Waals surface area contributed by atoms with E-state index < -0.39 is 9.52 Å². The molecule has 0 aromatic heterocycles. The van der Waals surface area contributed by atoms with Crippen LogP contribution in [-0.2, 0) is 0 Å². The Kier molecular flexibility index (Phi) is 3.86. The molecule has 0 N–H and O–H groups in total. The van der Waals surface area contributed by atoms with Crippen LogP contribution < -0.4 is 5.19 Å². The van der Waals surface area contributed by atoms with Gasteiger partial charge in [-0.3, -0.25) is 0 Å². The highest BCUT2D eigenvalue weighted by molar-refractivity contribution is 6.75. The molecular formula is C9H10Cl2Si. The Morgan fingerprint density at radius 1 is 1.42 bits per heavy atom. The van der Waals surface area contributed by atoms with E-state index >= 15 is 0 Å². The van der Waals surface area contributed by atoms with E-state index in [0.29, 0.717) is 0 Å². The summed E-state index contributed by atoms with van der Waals surface area (Å²) in [7, 11) is -0.524. The normalized spacial score (nSPS) is 11.2. The number of hydrogen-bond acceptors (Lipinski definition) is 0. The largest absolute Gasteiger partial charge is 0.110 e. The standard InChI is InChI=1S/C9H10Cl2Si/c1-2-7-4-3-5-8(6-7)12-9(10)11/h2-6,9H,1,12H2. The molecule has 0 fully saturated rings. The lowest BCUT2D eigenvalue weighted by atomic mass is 10.2. The highest BCUT2D eigenvalue weighted by Crippen LogP contribution is 2.01. The van der Waals surface area contributed by atoms with Gasteiger partial charge in [-0.05, 0) is 5.56 Å². The first kappa shape index (κ1) is 9.84. The Bertz CT molecular complexity index is 271. The third-order valence-corrected chi connectivity index (χ3v) is 3.72. The van der Waals surface area contributed by atoms with E-state index in [2.05, 4.69) is 18.7 Å². The van der Waals surface area contributed by atoms with Crippen LogP contribution in [0.25, 0.3) is 6.08 Å². The van der Waals surface area contributed by atoms with E-state index in [0.717, 1.165) is 5.56 Å². The summed E-state index contributed by atoms with van der Waals surface area (Å²) < 4.78 is -0.190. The third kappa shape index (κ3) is 3.01. The summed E-state index contributed by atoms with van der Waals surface area (Å²) in [4.78, 5) is 0. The van der Waals surface area contributed by atoms with Crippen molar-refractivity contribution in [3.05, 3.63) is 36.4 Å². The molecule has 0 aliphatic rings. The van der Waals surface area contributed by atoms with Crippen LogP contribution >= 0.6 is 23.2 Å². The zero-order valence-electron chi connectivity index (χ0n) is 6.63. The van der Waals surface area contributed by atoms with Gasteiger partial charge in [0.15, 0.2) is 0 Å². The fourth-order valence-corrected chi connectivity index (χ4v) is 3.08. The van der Waals surface area contributed by atoms with E-state index in [1.165, 1.54) is 5.19 Å². The molecule has 12 heavy (non-hydrogen) atoms. The summed E-state index contributed by atoms with van der Waals surface area (Å²) in [6, 6.07) is 8.19. The van der Waals surface area contributed by atoms with Gasteiger partial charge in [0.2, 0.25) is 0 Å². The summed E-state index contributed by atoms with van der Waals surface area (Å²) >= 11 is 11.4. The van der Waals surface area contributed by atoms with E-state index in [1.807, 2.05) is 18.2 Å². The summed E-state index contributed by atoms with van der Waals surface area (Å²) in [6.07, 6.45) is 1.83. The molecule has 0 radical (unpaired) electrons. The highest BCUT2D eigenvalue weighted by Gasteiger charge is 2.01. The molecule has 0 spiro atoms. The number of benzene rings is 1. The Morgan fingerprint density at radius 2 is 2.17 bits per heavy atom. The van der Waals surface area contributed by atoms with Gasteiger partial charge in [0.25, 0.3) is 0 Å². The minimum absolute atomic E-state index is 0.190. The average molecular weight is 217 g/mol. The second-order valence-corrected chi connectivity index (χ2v) is 6.90. The lowest BCUT2D eigenvalue weighted by Gasteiger charge is -2.01. The Hall–Kier alpha value is -0.243. The second kappa shape index (κ2) is 4.70. The van der Waals surface area contributed by atoms with E-state index in [9.17, 15) is 0 Å². The zero-order chi connectivity index (χ0) is 8.97. The maximum absolute atomic E-state index is 5.71. The van der Waals surface area contributed by atoms with Crippen LogP contribution in [-0.4, -0.2) is 14.0 Å². The fraction of sp³-hybridized carbons (Fsp3) is 0.111. The van der Waals surface area contributed by atoms with Crippen LogP contribution in [0.5, 0.6) is 0 Å². The summed E-state index contributed by atoms with van der Waals surface area (Å²) in [5.74, 6) is 0. The van der Waals surface area contributed by atoms with E-state index in [-0.39, 0.29) is 4.46 Å². The fourth-order valence-electron chi connectivity index (χ4n) is 1.03. The lowest BCUT2D eigenvalue weighted by Crippen LogP contribution is -2.20. The molecule has 0 nitrogen and oxygen atoms in total. The number of halogens is 2. The van der Waals surface area contributed by atoms with Crippen molar-refractivity contribution in [3.8, 4) is 0 Å². The summed E-state index contributed by atoms with van der Waals surface area (Å²) in [5.41, 5.74) is 1.13. The van der Waals surface area contributed by atoms with Crippen LogP contribution in [0.4, 0.5) is 0 Å². The molecule has 1 rings (SSSR count). The Balaban J connectivity index is 2.79. The van der Waals surface area contributed by atoms with Crippen LogP contribution in [0, 0.1) is 0 Å². The molecule has 0 bridgehead atoms. The first-order valence-corrected chi connectivity index (χ1v) is 6.11. The van der Waals surface area contributed by atoms with Crippen LogP contribution in [0.15, 0.2) is 30.8 Å². The van der Waals surface area contributed by atoms with Gasteiger partial charge in [-0.2, -0.15) is 0 Å². The molecule has 1 aromatic carbocycles. The van der Waals surface area contributed by atoms with Gasteiger partial charge in [-0.15, -0.1) is 23.2 Å². The maximum Gasteiger partial charge on any atom is 0.0957 e. The third-order valence-electron chi connectivity index (χ3n) is 1.58. The topological polar surface area (TPSA) is 0 Å². The van der Waals surface area contributed by atoms with Crippen LogP contribution in [0.3, 0.4) is 0 Å². The minimum atomic E-state index is -0.524. The molecule has 0 aliphatic heterocycles. The van der Waals surface area contributed by atoms with Gasteiger partial charge in [-0.1, -0.05) is 42.1 Å². The smallest absolute Gasteiger partial charge is 0.0957 e. The van der Waals surface area contributed by atoms with Crippen molar-refractivity contribution < 1.29 is 0 Å². The van der Waals surface area contributed by atoms with Gasteiger partial charge >= 0.3 is 0 Å². The van der Waals surface area contributed by atoms with Gasteiger partial charge in [0, 0.05) is 0 Å². The number of alkyl halides is 2. The summed E-state index contributed by atoms with van der Waals surface area (Å²) in [5, 5.41) is 1.28. The second-order valence-electron chi connectivity index (χ2n) is 2.54. The minimum Gasteiger partial charge on any atom is -0.110 e. The van der Waals surface area contributed by atoms with Gasteiger partial charge in [0.1, 0.15) is 0 Å². The average Bonchev–Trinajstić information content (AvgIpc) is 2.03. The Labute approximate surface area is 85.0 Å². The molecule has 64 valence electrons. The van der Waals surface area contributed by atoms with Crippen LogP contribution in [0.2, 0.25) is 0 Å². The van der Waals surface area contributed by atoms with Crippen molar-refractivity contribution in [2.75, 3.05) is 0 Å². The molecule has 1 aromatic rings.